The van der Waals surface area contributed by atoms with Gasteiger partial charge in [0.1, 0.15) is 0 Å². The lowest BCUT2D eigenvalue weighted by atomic mass is 9.59. The van der Waals surface area contributed by atoms with E-state index in [9.17, 15) is 0 Å². The molecule has 0 aromatic heterocycles. The highest BCUT2D eigenvalue weighted by Gasteiger charge is 2.50. The average Bonchev–Trinajstić information content (AvgIpc) is 3.15. The molecule has 0 radical (unpaired) electrons. The van der Waals surface area contributed by atoms with Crippen molar-refractivity contribution in [1.29, 1.82) is 0 Å². The van der Waals surface area contributed by atoms with Crippen LogP contribution in [-0.2, 0) is 10.8 Å². The summed E-state index contributed by atoms with van der Waals surface area (Å²) in [6, 6.07) is 62.6. The summed E-state index contributed by atoms with van der Waals surface area (Å²) in [5.74, 6) is 0. The maximum atomic E-state index is 3.85. The Balaban J connectivity index is 1.38. The van der Waals surface area contributed by atoms with E-state index in [4.69, 9.17) is 0 Å². The number of anilines is 5. The standard InChI is InChI=1S/C47H38N2/c1-46(2,3)36-25-28-43-40(31-36)47(38-18-10-12-20-42(38)48-43)39-19-11-13-21-44(39)49(37-26-22-34(23-27-37)32-14-6-4-7-15-32)45-29-24-35(30-41(45)47)33-16-8-5-9-17-33/h4-31,48H,1-3H3. The Morgan fingerprint density at radius 2 is 0.980 bits per heavy atom. The number of hydrogen-bond acceptors (Lipinski definition) is 2. The van der Waals surface area contributed by atoms with Gasteiger partial charge in [-0.2, -0.15) is 0 Å². The molecule has 1 unspecified atom stereocenters. The van der Waals surface area contributed by atoms with Crippen LogP contribution in [0.25, 0.3) is 22.3 Å². The molecule has 1 atom stereocenters. The Labute approximate surface area is 289 Å². The average molecular weight is 631 g/mol. The van der Waals surface area contributed by atoms with Gasteiger partial charge in [-0.05, 0) is 98.0 Å². The van der Waals surface area contributed by atoms with E-state index in [1.54, 1.807) is 0 Å². The normalized spacial score (nSPS) is 15.9. The third-order valence-electron chi connectivity index (χ3n) is 10.4. The summed E-state index contributed by atoms with van der Waals surface area (Å²) in [6.45, 7) is 6.92. The molecule has 9 rings (SSSR count). The van der Waals surface area contributed by atoms with Gasteiger partial charge in [-0.3, -0.25) is 0 Å². The van der Waals surface area contributed by atoms with Crippen LogP contribution in [0, 0.1) is 0 Å². The minimum absolute atomic E-state index is 0.0113. The van der Waals surface area contributed by atoms with Crippen LogP contribution in [0.1, 0.15) is 48.6 Å². The maximum Gasteiger partial charge on any atom is 0.0782 e. The quantitative estimate of drug-likeness (QED) is 0.209. The van der Waals surface area contributed by atoms with E-state index in [1.807, 2.05) is 0 Å². The van der Waals surface area contributed by atoms with E-state index < -0.39 is 5.41 Å². The summed E-state index contributed by atoms with van der Waals surface area (Å²) in [7, 11) is 0. The molecule has 2 aliphatic rings. The zero-order valence-electron chi connectivity index (χ0n) is 28.1. The third kappa shape index (κ3) is 4.55. The molecule has 2 nitrogen and oxygen atoms in total. The van der Waals surface area contributed by atoms with E-state index in [-0.39, 0.29) is 5.41 Å². The number of benzene rings is 7. The van der Waals surface area contributed by atoms with Crippen molar-refractivity contribution in [3.8, 4) is 22.3 Å². The molecule has 7 aromatic carbocycles. The number of rotatable bonds is 3. The van der Waals surface area contributed by atoms with E-state index >= 15 is 0 Å². The molecule has 1 N–H and O–H groups in total. The van der Waals surface area contributed by atoms with Gasteiger partial charge in [0, 0.05) is 17.1 Å². The number of nitrogens with zero attached hydrogens (tertiary/aromatic N) is 1. The van der Waals surface area contributed by atoms with Crippen LogP contribution in [0.15, 0.2) is 170 Å². The van der Waals surface area contributed by atoms with E-state index in [0.29, 0.717) is 0 Å². The van der Waals surface area contributed by atoms with Gasteiger partial charge in [0.2, 0.25) is 0 Å². The van der Waals surface area contributed by atoms with Crippen molar-refractivity contribution in [2.45, 2.75) is 31.6 Å². The molecule has 0 saturated carbocycles. The lowest BCUT2D eigenvalue weighted by molar-refractivity contribution is 0.587. The van der Waals surface area contributed by atoms with Crippen molar-refractivity contribution in [3.63, 3.8) is 0 Å². The lowest BCUT2D eigenvalue weighted by Gasteiger charge is -2.49. The molecule has 2 heteroatoms. The fraction of sp³-hybridized carbons (Fsp3) is 0.106. The minimum atomic E-state index is -0.560. The number of nitrogens with one attached hydrogen (secondary N) is 1. The minimum Gasteiger partial charge on any atom is -0.355 e. The van der Waals surface area contributed by atoms with Gasteiger partial charge in [-0.15, -0.1) is 0 Å². The second-order valence-corrected chi connectivity index (χ2v) is 14.3. The molecule has 236 valence electrons. The second kappa shape index (κ2) is 11.1. The van der Waals surface area contributed by atoms with Gasteiger partial charge in [0.15, 0.2) is 0 Å². The Morgan fingerprint density at radius 1 is 0.429 bits per heavy atom. The van der Waals surface area contributed by atoms with Gasteiger partial charge < -0.3 is 10.2 Å². The first-order valence-electron chi connectivity index (χ1n) is 17.2. The SMILES string of the molecule is CC(C)(C)c1ccc2c(c1)C1(c3ccccc3N2)c2ccccc2N(c2ccc(-c3ccccc3)cc2)c2ccc(-c3ccccc3)cc21. The molecule has 1 spiro atoms. The molecule has 0 fully saturated rings. The molecular weight excluding hydrogens is 593 g/mol. The Bertz CT molecular complexity index is 2330. The van der Waals surface area contributed by atoms with E-state index in [0.717, 1.165) is 17.1 Å². The van der Waals surface area contributed by atoms with Gasteiger partial charge in [0.25, 0.3) is 0 Å². The zero-order valence-corrected chi connectivity index (χ0v) is 28.1. The van der Waals surface area contributed by atoms with Crippen molar-refractivity contribution in [2.24, 2.45) is 0 Å². The molecule has 49 heavy (non-hydrogen) atoms. The first-order chi connectivity index (χ1) is 23.9. The molecule has 0 saturated heterocycles. The first-order valence-corrected chi connectivity index (χ1v) is 17.2. The highest BCUT2D eigenvalue weighted by Crippen LogP contribution is 2.62. The molecular formula is C47H38N2. The van der Waals surface area contributed by atoms with Crippen LogP contribution >= 0.6 is 0 Å². The summed E-state index contributed by atoms with van der Waals surface area (Å²) in [6.07, 6.45) is 0. The summed E-state index contributed by atoms with van der Waals surface area (Å²) >= 11 is 0. The predicted molar refractivity (Wildman–Crippen MR) is 206 cm³/mol. The molecule has 0 amide bonds. The highest BCUT2D eigenvalue weighted by molar-refractivity contribution is 5.95. The summed E-state index contributed by atoms with van der Waals surface area (Å²) in [5.41, 5.74) is 16.5. The topological polar surface area (TPSA) is 15.3 Å². The van der Waals surface area contributed by atoms with Gasteiger partial charge in [-0.25, -0.2) is 0 Å². The van der Waals surface area contributed by atoms with Gasteiger partial charge >= 0.3 is 0 Å². The first kappa shape index (κ1) is 29.3. The van der Waals surface area contributed by atoms with Crippen LogP contribution < -0.4 is 10.2 Å². The summed E-state index contributed by atoms with van der Waals surface area (Å²) in [5, 5.41) is 3.85. The fourth-order valence-electron chi connectivity index (χ4n) is 8.03. The highest BCUT2D eigenvalue weighted by atomic mass is 15.2. The monoisotopic (exact) mass is 630 g/mol. The largest absolute Gasteiger partial charge is 0.355 e. The van der Waals surface area contributed by atoms with Crippen molar-refractivity contribution in [1.82, 2.24) is 0 Å². The van der Waals surface area contributed by atoms with Crippen molar-refractivity contribution >= 4 is 28.4 Å². The molecule has 2 heterocycles. The van der Waals surface area contributed by atoms with Crippen molar-refractivity contribution in [2.75, 3.05) is 10.2 Å². The molecule has 7 aromatic rings. The number of para-hydroxylation sites is 2. The number of fused-ring (bicyclic) bond motifs is 8. The lowest BCUT2D eigenvalue weighted by Crippen LogP contribution is -2.40. The Morgan fingerprint density at radius 3 is 1.69 bits per heavy atom. The van der Waals surface area contributed by atoms with Crippen LogP contribution in [0.4, 0.5) is 28.4 Å². The maximum absolute atomic E-state index is 3.85. The Kier molecular flexibility index (Phi) is 6.64. The van der Waals surface area contributed by atoms with Crippen molar-refractivity contribution < 1.29 is 0 Å². The smallest absolute Gasteiger partial charge is 0.0782 e. The molecule has 0 bridgehead atoms. The van der Waals surface area contributed by atoms with Crippen LogP contribution in [0.5, 0.6) is 0 Å². The fourth-order valence-corrected chi connectivity index (χ4v) is 8.03. The Hall–Kier alpha value is -5.86. The second-order valence-electron chi connectivity index (χ2n) is 14.3. The predicted octanol–water partition coefficient (Wildman–Crippen LogP) is 12.5. The molecule has 0 aliphatic carbocycles. The molecule has 2 aliphatic heterocycles. The van der Waals surface area contributed by atoms with Gasteiger partial charge in [-0.1, -0.05) is 148 Å². The van der Waals surface area contributed by atoms with E-state index in [2.05, 4.69) is 201 Å². The number of hydrogen-bond donors (Lipinski definition) is 1. The van der Waals surface area contributed by atoms with E-state index in [1.165, 1.54) is 61.4 Å². The summed E-state index contributed by atoms with van der Waals surface area (Å²) in [4.78, 5) is 2.47. The van der Waals surface area contributed by atoms with Crippen LogP contribution in [0.3, 0.4) is 0 Å². The van der Waals surface area contributed by atoms with Crippen molar-refractivity contribution in [3.05, 3.63) is 198 Å². The van der Waals surface area contributed by atoms with Gasteiger partial charge in [0.05, 0.1) is 16.8 Å². The van der Waals surface area contributed by atoms with Crippen LogP contribution in [0.2, 0.25) is 0 Å². The third-order valence-corrected chi connectivity index (χ3v) is 10.4. The summed E-state index contributed by atoms with van der Waals surface area (Å²) < 4.78 is 0. The van der Waals surface area contributed by atoms with Crippen LogP contribution in [-0.4, -0.2) is 0 Å². The zero-order chi connectivity index (χ0) is 33.2.